The molecule has 0 aromatic carbocycles. The zero-order valence-corrected chi connectivity index (χ0v) is 9.37. The van der Waals surface area contributed by atoms with Crippen molar-refractivity contribution in [1.29, 1.82) is 0 Å². The van der Waals surface area contributed by atoms with Gasteiger partial charge in [-0.3, -0.25) is 4.68 Å². The summed E-state index contributed by atoms with van der Waals surface area (Å²) >= 11 is 0. The standard InChI is InChI=1S/C10H19N3O/c1-8-9(11)5-12-13(8)6-10(2,3)7-14-4/h5H,6-7,11H2,1-4H3. The highest BCUT2D eigenvalue weighted by Gasteiger charge is 2.20. The molecule has 2 N–H and O–H groups in total. The first-order valence-electron chi connectivity index (χ1n) is 4.73. The fraction of sp³-hybridized carbons (Fsp3) is 0.700. The molecule has 4 heteroatoms. The van der Waals surface area contributed by atoms with Crippen molar-refractivity contribution in [3.05, 3.63) is 11.9 Å². The van der Waals surface area contributed by atoms with Crippen LogP contribution in [0, 0.1) is 12.3 Å². The Hall–Kier alpha value is -1.03. The average molecular weight is 197 g/mol. The lowest BCUT2D eigenvalue weighted by Crippen LogP contribution is -2.26. The van der Waals surface area contributed by atoms with E-state index in [1.807, 2.05) is 11.6 Å². The van der Waals surface area contributed by atoms with Crippen LogP contribution in [0.2, 0.25) is 0 Å². The molecule has 0 amide bonds. The second kappa shape index (κ2) is 4.00. The molecule has 4 nitrogen and oxygen atoms in total. The van der Waals surface area contributed by atoms with Gasteiger partial charge < -0.3 is 10.5 Å². The van der Waals surface area contributed by atoms with Crippen molar-refractivity contribution in [2.45, 2.75) is 27.3 Å². The predicted octanol–water partition coefficient (Wildman–Crippen LogP) is 1.45. The molecule has 0 fully saturated rings. The smallest absolute Gasteiger partial charge is 0.0730 e. The summed E-state index contributed by atoms with van der Waals surface area (Å²) in [6.07, 6.45) is 1.69. The fourth-order valence-electron chi connectivity index (χ4n) is 1.46. The Balaban J connectivity index is 2.73. The lowest BCUT2D eigenvalue weighted by atomic mass is 9.95. The zero-order valence-electron chi connectivity index (χ0n) is 9.37. The monoisotopic (exact) mass is 197 g/mol. The molecule has 0 spiro atoms. The van der Waals surface area contributed by atoms with Crippen molar-refractivity contribution in [2.75, 3.05) is 19.5 Å². The first-order chi connectivity index (χ1) is 6.46. The van der Waals surface area contributed by atoms with Gasteiger partial charge in [0.05, 0.1) is 24.2 Å². The fourth-order valence-corrected chi connectivity index (χ4v) is 1.46. The third-order valence-electron chi connectivity index (χ3n) is 2.25. The Morgan fingerprint density at radius 3 is 2.64 bits per heavy atom. The quantitative estimate of drug-likeness (QED) is 0.794. The normalized spacial score (nSPS) is 12.0. The van der Waals surface area contributed by atoms with Crippen molar-refractivity contribution in [3.63, 3.8) is 0 Å². The molecule has 1 rings (SSSR count). The summed E-state index contributed by atoms with van der Waals surface area (Å²) in [7, 11) is 1.71. The zero-order chi connectivity index (χ0) is 10.8. The number of hydrogen-bond acceptors (Lipinski definition) is 3. The predicted molar refractivity (Wildman–Crippen MR) is 57.0 cm³/mol. The van der Waals surface area contributed by atoms with E-state index in [9.17, 15) is 0 Å². The molecule has 80 valence electrons. The van der Waals surface area contributed by atoms with Gasteiger partial charge in [-0.15, -0.1) is 0 Å². The number of hydrogen-bond donors (Lipinski definition) is 1. The van der Waals surface area contributed by atoms with Crippen LogP contribution in [-0.2, 0) is 11.3 Å². The summed E-state index contributed by atoms with van der Waals surface area (Å²) in [6.45, 7) is 7.81. The maximum atomic E-state index is 5.72. The molecule has 1 aromatic heterocycles. The summed E-state index contributed by atoms with van der Waals surface area (Å²) in [4.78, 5) is 0. The summed E-state index contributed by atoms with van der Waals surface area (Å²) in [5.41, 5.74) is 7.57. The van der Waals surface area contributed by atoms with E-state index in [1.54, 1.807) is 13.3 Å². The van der Waals surface area contributed by atoms with Crippen LogP contribution >= 0.6 is 0 Å². The van der Waals surface area contributed by atoms with Gasteiger partial charge in [0.25, 0.3) is 0 Å². The third kappa shape index (κ3) is 2.48. The Morgan fingerprint density at radius 2 is 2.21 bits per heavy atom. The van der Waals surface area contributed by atoms with Crippen LogP contribution in [0.5, 0.6) is 0 Å². The molecule has 1 aromatic rings. The highest BCUT2D eigenvalue weighted by molar-refractivity contribution is 5.39. The van der Waals surface area contributed by atoms with Crippen LogP contribution in [0.15, 0.2) is 6.20 Å². The van der Waals surface area contributed by atoms with Crippen LogP contribution in [0.4, 0.5) is 5.69 Å². The van der Waals surface area contributed by atoms with Crippen LogP contribution in [0.25, 0.3) is 0 Å². The van der Waals surface area contributed by atoms with E-state index < -0.39 is 0 Å². The number of ether oxygens (including phenoxy) is 1. The number of aromatic nitrogens is 2. The Morgan fingerprint density at radius 1 is 1.57 bits per heavy atom. The molecule has 0 bridgehead atoms. The van der Waals surface area contributed by atoms with Crippen LogP contribution in [0.1, 0.15) is 19.5 Å². The topological polar surface area (TPSA) is 53.1 Å². The molecule has 0 atom stereocenters. The molecule has 0 aliphatic rings. The maximum Gasteiger partial charge on any atom is 0.0730 e. The first kappa shape index (κ1) is 11.0. The molecule has 0 saturated heterocycles. The number of nitrogens with zero attached hydrogens (tertiary/aromatic N) is 2. The molecule has 0 aliphatic heterocycles. The lowest BCUT2D eigenvalue weighted by molar-refractivity contribution is 0.0886. The summed E-state index contributed by atoms with van der Waals surface area (Å²) in [6, 6.07) is 0. The summed E-state index contributed by atoms with van der Waals surface area (Å²) in [5.74, 6) is 0. The van der Waals surface area contributed by atoms with E-state index in [-0.39, 0.29) is 5.41 Å². The van der Waals surface area contributed by atoms with Gasteiger partial charge in [0, 0.05) is 19.1 Å². The van der Waals surface area contributed by atoms with Crippen LogP contribution in [-0.4, -0.2) is 23.5 Å². The van der Waals surface area contributed by atoms with E-state index >= 15 is 0 Å². The number of anilines is 1. The maximum absolute atomic E-state index is 5.72. The minimum Gasteiger partial charge on any atom is -0.396 e. The van der Waals surface area contributed by atoms with E-state index in [4.69, 9.17) is 10.5 Å². The van der Waals surface area contributed by atoms with Gasteiger partial charge in [0.1, 0.15) is 0 Å². The van der Waals surface area contributed by atoms with Crippen LogP contribution in [0.3, 0.4) is 0 Å². The minimum atomic E-state index is 0.0813. The molecule has 14 heavy (non-hydrogen) atoms. The van der Waals surface area contributed by atoms with E-state index in [2.05, 4.69) is 18.9 Å². The van der Waals surface area contributed by atoms with Gasteiger partial charge in [-0.05, 0) is 6.92 Å². The number of methoxy groups -OCH3 is 1. The molecule has 0 radical (unpaired) electrons. The van der Waals surface area contributed by atoms with Gasteiger partial charge in [-0.25, -0.2) is 0 Å². The van der Waals surface area contributed by atoms with Crippen molar-refractivity contribution in [2.24, 2.45) is 5.41 Å². The average Bonchev–Trinajstić information content (AvgIpc) is 2.35. The Bertz CT molecular complexity index is 304. The number of nitrogens with two attached hydrogens (primary N) is 1. The van der Waals surface area contributed by atoms with Crippen molar-refractivity contribution >= 4 is 5.69 Å². The largest absolute Gasteiger partial charge is 0.396 e. The van der Waals surface area contributed by atoms with Crippen molar-refractivity contribution in [3.8, 4) is 0 Å². The molecule has 0 unspecified atom stereocenters. The Kier molecular flexibility index (Phi) is 3.16. The van der Waals surface area contributed by atoms with Gasteiger partial charge in [0.15, 0.2) is 0 Å². The van der Waals surface area contributed by atoms with Gasteiger partial charge >= 0.3 is 0 Å². The lowest BCUT2D eigenvalue weighted by Gasteiger charge is -2.24. The first-order valence-corrected chi connectivity index (χ1v) is 4.73. The van der Waals surface area contributed by atoms with Crippen molar-refractivity contribution in [1.82, 2.24) is 9.78 Å². The molecule has 0 aliphatic carbocycles. The molecular formula is C10H19N3O. The van der Waals surface area contributed by atoms with E-state index in [1.165, 1.54) is 0 Å². The number of rotatable bonds is 4. The van der Waals surface area contributed by atoms with E-state index in [0.717, 1.165) is 17.9 Å². The van der Waals surface area contributed by atoms with Crippen LogP contribution < -0.4 is 5.73 Å². The minimum absolute atomic E-state index is 0.0813. The van der Waals surface area contributed by atoms with E-state index in [0.29, 0.717) is 6.61 Å². The second-order valence-corrected chi connectivity index (χ2v) is 4.44. The second-order valence-electron chi connectivity index (χ2n) is 4.44. The van der Waals surface area contributed by atoms with Gasteiger partial charge in [0.2, 0.25) is 0 Å². The van der Waals surface area contributed by atoms with Gasteiger partial charge in [-0.2, -0.15) is 5.10 Å². The van der Waals surface area contributed by atoms with Crippen molar-refractivity contribution < 1.29 is 4.74 Å². The highest BCUT2D eigenvalue weighted by atomic mass is 16.5. The SMILES string of the molecule is COCC(C)(C)Cn1ncc(N)c1C. The Labute approximate surface area is 85.0 Å². The molecule has 1 heterocycles. The summed E-state index contributed by atoms with van der Waals surface area (Å²) in [5, 5.41) is 4.22. The number of nitrogen functional groups attached to an aromatic ring is 1. The molecular weight excluding hydrogens is 178 g/mol. The molecule has 0 saturated carbocycles. The highest BCUT2D eigenvalue weighted by Crippen LogP contribution is 2.20. The van der Waals surface area contributed by atoms with Gasteiger partial charge in [-0.1, -0.05) is 13.8 Å². The summed E-state index contributed by atoms with van der Waals surface area (Å²) < 4.78 is 7.08. The third-order valence-corrected chi connectivity index (χ3v) is 2.25.